The van der Waals surface area contributed by atoms with E-state index >= 15 is 0 Å². The van der Waals surface area contributed by atoms with Gasteiger partial charge in [0.2, 0.25) is 10.0 Å². The Morgan fingerprint density at radius 1 is 1.38 bits per heavy atom. The smallest absolute Gasteiger partial charge is 0.216 e. The van der Waals surface area contributed by atoms with Crippen LogP contribution in [0.2, 0.25) is 0 Å². The largest absolute Gasteiger partial charge is 0.387 e. The average Bonchev–Trinajstić information content (AvgIpc) is 2.18. The van der Waals surface area contributed by atoms with E-state index in [1.165, 1.54) is 4.31 Å². The lowest BCUT2D eigenvalue weighted by Crippen LogP contribution is -2.48. The average molecular weight is 247 g/mol. The molecular formula is C10H21N3O2S. The summed E-state index contributed by atoms with van der Waals surface area (Å²) in [7, 11) is -3.15. The summed E-state index contributed by atoms with van der Waals surface area (Å²) in [6.45, 7) is 6.24. The highest BCUT2D eigenvalue weighted by atomic mass is 32.2. The minimum Gasteiger partial charge on any atom is -0.387 e. The normalized spacial score (nSPS) is 22.2. The number of nitrogens with one attached hydrogen (secondary N) is 1. The van der Waals surface area contributed by atoms with Gasteiger partial charge in [-0.3, -0.25) is 5.41 Å². The molecule has 6 heteroatoms. The minimum absolute atomic E-state index is 0.161. The molecule has 0 aromatic carbocycles. The van der Waals surface area contributed by atoms with Crippen LogP contribution < -0.4 is 5.73 Å². The first-order valence-electron chi connectivity index (χ1n) is 5.53. The van der Waals surface area contributed by atoms with Crippen LogP contribution in [0.15, 0.2) is 0 Å². The summed E-state index contributed by atoms with van der Waals surface area (Å²) >= 11 is 0. The Labute approximate surface area is 97.6 Å². The van der Waals surface area contributed by atoms with E-state index in [4.69, 9.17) is 11.1 Å². The maximum absolute atomic E-state index is 11.9. The van der Waals surface area contributed by atoms with Crippen molar-refractivity contribution in [1.29, 1.82) is 5.41 Å². The van der Waals surface area contributed by atoms with Crippen molar-refractivity contribution >= 4 is 15.9 Å². The van der Waals surface area contributed by atoms with Gasteiger partial charge in [0.25, 0.3) is 0 Å². The lowest BCUT2D eigenvalue weighted by molar-refractivity contribution is 0.239. The number of nitrogens with two attached hydrogens (primary N) is 1. The second-order valence-electron chi connectivity index (χ2n) is 4.97. The summed E-state index contributed by atoms with van der Waals surface area (Å²) in [5, 5.41) is 7.12. The van der Waals surface area contributed by atoms with E-state index in [0.29, 0.717) is 25.9 Å². The molecule has 0 amide bonds. The molecule has 0 aromatic rings. The van der Waals surface area contributed by atoms with Crippen molar-refractivity contribution in [2.45, 2.75) is 38.9 Å². The SMILES string of the molecule is CC(C)S(=O)(=O)N1CCC(C)(C(=N)N)CC1. The Hall–Kier alpha value is -0.620. The van der Waals surface area contributed by atoms with Crippen molar-refractivity contribution < 1.29 is 8.42 Å². The molecule has 1 aliphatic heterocycles. The van der Waals surface area contributed by atoms with Crippen LogP contribution in [0.1, 0.15) is 33.6 Å². The predicted octanol–water partition coefficient (Wildman–Crippen LogP) is 0.763. The topological polar surface area (TPSA) is 87.2 Å². The highest BCUT2D eigenvalue weighted by Gasteiger charge is 2.37. The Balaban J connectivity index is 2.73. The molecule has 1 saturated heterocycles. The summed E-state index contributed by atoms with van der Waals surface area (Å²) in [5.41, 5.74) is 5.20. The van der Waals surface area contributed by atoms with Gasteiger partial charge in [-0.15, -0.1) is 0 Å². The second kappa shape index (κ2) is 4.33. The van der Waals surface area contributed by atoms with Crippen LogP contribution in [0.5, 0.6) is 0 Å². The van der Waals surface area contributed by atoms with E-state index < -0.39 is 10.0 Å². The standard InChI is InChI=1S/C10H21N3O2S/c1-8(2)16(14,15)13-6-4-10(3,5-7-13)9(11)12/h8H,4-7H2,1-3H3,(H3,11,12). The van der Waals surface area contributed by atoms with Crippen LogP contribution in [0.3, 0.4) is 0 Å². The van der Waals surface area contributed by atoms with Gasteiger partial charge in [0, 0.05) is 18.5 Å². The molecule has 0 aromatic heterocycles. The third-order valence-electron chi connectivity index (χ3n) is 3.43. The van der Waals surface area contributed by atoms with E-state index in [1.807, 2.05) is 6.92 Å². The molecule has 94 valence electrons. The molecule has 0 unspecified atom stereocenters. The molecule has 5 nitrogen and oxygen atoms in total. The molecule has 0 bridgehead atoms. The van der Waals surface area contributed by atoms with Crippen LogP contribution in [0.25, 0.3) is 0 Å². The number of rotatable bonds is 3. The molecule has 1 aliphatic rings. The van der Waals surface area contributed by atoms with Gasteiger partial charge in [-0.2, -0.15) is 0 Å². The quantitative estimate of drug-likeness (QED) is 0.570. The van der Waals surface area contributed by atoms with Crippen molar-refractivity contribution in [2.75, 3.05) is 13.1 Å². The van der Waals surface area contributed by atoms with Gasteiger partial charge >= 0.3 is 0 Å². The Morgan fingerprint density at radius 3 is 2.12 bits per heavy atom. The predicted molar refractivity (Wildman–Crippen MR) is 64.9 cm³/mol. The fourth-order valence-corrected chi connectivity index (χ4v) is 3.09. The number of amidine groups is 1. The summed E-state index contributed by atoms with van der Waals surface area (Å²) < 4.78 is 25.3. The number of hydrogen-bond acceptors (Lipinski definition) is 3. The molecule has 0 spiro atoms. The van der Waals surface area contributed by atoms with E-state index in [2.05, 4.69) is 0 Å². The van der Waals surface area contributed by atoms with Gasteiger partial charge in [-0.05, 0) is 26.7 Å². The third kappa shape index (κ3) is 2.38. The first kappa shape index (κ1) is 13.4. The number of piperidine rings is 1. The molecule has 1 rings (SSSR count). The van der Waals surface area contributed by atoms with Gasteiger partial charge in [0.05, 0.1) is 11.1 Å². The van der Waals surface area contributed by atoms with E-state index in [1.54, 1.807) is 13.8 Å². The third-order valence-corrected chi connectivity index (χ3v) is 5.71. The number of hydrogen-bond donors (Lipinski definition) is 2. The van der Waals surface area contributed by atoms with Gasteiger partial charge in [-0.25, -0.2) is 12.7 Å². The zero-order valence-electron chi connectivity index (χ0n) is 10.2. The summed E-state index contributed by atoms with van der Waals surface area (Å²) in [5.74, 6) is 0.161. The molecule has 0 atom stereocenters. The highest BCUT2D eigenvalue weighted by molar-refractivity contribution is 7.89. The van der Waals surface area contributed by atoms with Crippen LogP contribution >= 0.6 is 0 Å². The van der Waals surface area contributed by atoms with Crippen LogP contribution in [-0.4, -0.2) is 36.9 Å². The lowest BCUT2D eigenvalue weighted by atomic mass is 9.80. The first-order valence-corrected chi connectivity index (χ1v) is 7.04. The second-order valence-corrected chi connectivity index (χ2v) is 7.46. The fourth-order valence-electron chi connectivity index (χ4n) is 1.80. The Kier molecular flexibility index (Phi) is 3.64. The van der Waals surface area contributed by atoms with Gasteiger partial charge in [0.1, 0.15) is 0 Å². The zero-order chi connectivity index (χ0) is 12.6. The molecule has 1 heterocycles. The van der Waals surface area contributed by atoms with E-state index in [9.17, 15) is 8.42 Å². The molecular weight excluding hydrogens is 226 g/mol. The van der Waals surface area contributed by atoms with Crippen LogP contribution in [-0.2, 0) is 10.0 Å². The summed E-state index contributed by atoms with van der Waals surface area (Å²) in [6.07, 6.45) is 1.27. The Bertz CT molecular complexity index is 368. The maximum atomic E-state index is 11.9. The van der Waals surface area contributed by atoms with Crippen molar-refractivity contribution in [2.24, 2.45) is 11.1 Å². The van der Waals surface area contributed by atoms with Gasteiger partial charge in [-0.1, -0.05) is 6.92 Å². The van der Waals surface area contributed by atoms with E-state index in [-0.39, 0.29) is 16.5 Å². The first-order chi connectivity index (χ1) is 7.20. The molecule has 0 aliphatic carbocycles. The molecule has 0 radical (unpaired) electrons. The van der Waals surface area contributed by atoms with Gasteiger partial charge in [0.15, 0.2) is 0 Å². The van der Waals surface area contributed by atoms with Crippen molar-refractivity contribution in [3.05, 3.63) is 0 Å². The molecule has 3 N–H and O–H groups in total. The van der Waals surface area contributed by atoms with E-state index in [0.717, 1.165) is 0 Å². The lowest BCUT2D eigenvalue weighted by Gasteiger charge is -2.38. The maximum Gasteiger partial charge on any atom is 0.216 e. The molecule has 16 heavy (non-hydrogen) atoms. The summed E-state index contributed by atoms with van der Waals surface area (Å²) in [4.78, 5) is 0. The monoisotopic (exact) mass is 247 g/mol. The van der Waals surface area contributed by atoms with Crippen molar-refractivity contribution in [3.8, 4) is 0 Å². The number of nitrogens with zero attached hydrogens (tertiary/aromatic N) is 1. The summed E-state index contributed by atoms with van der Waals surface area (Å²) in [6, 6.07) is 0. The minimum atomic E-state index is -3.15. The fraction of sp³-hybridized carbons (Fsp3) is 0.900. The van der Waals surface area contributed by atoms with Crippen molar-refractivity contribution in [1.82, 2.24) is 4.31 Å². The molecule has 1 fully saturated rings. The van der Waals surface area contributed by atoms with Crippen LogP contribution in [0.4, 0.5) is 0 Å². The van der Waals surface area contributed by atoms with Crippen LogP contribution in [0, 0.1) is 10.8 Å². The molecule has 0 saturated carbocycles. The number of sulfonamides is 1. The Morgan fingerprint density at radius 2 is 1.81 bits per heavy atom. The zero-order valence-corrected chi connectivity index (χ0v) is 11.0. The van der Waals surface area contributed by atoms with Gasteiger partial charge < -0.3 is 5.73 Å². The highest BCUT2D eigenvalue weighted by Crippen LogP contribution is 2.32. The van der Waals surface area contributed by atoms with Crippen molar-refractivity contribution in [3.63, 3.8) is 0 Å².